The number of amides is 3. The number of rotatable bonds is 6. The highest BCUT2D eigenvalue weighted by Gasteiger charge is 2.14. The van der Waals surface area contributed by atoms with Crippen LogP contribution in [0, 0.1) is 6.92 Å². The minimum atomic E-state index is -0.900. The number of carbonyl (C=O) groups is 3. The zero-order chi connectivity index (χ0) is 17.2. The molecule has 0 fully saturated rings. The molecule has 0 aromatic heterocycles. The van der Waals surface area contributed by atoms with Gasteiger partial charge in [-0.05, 0) is 44.9 Å². The van der Waals surface area contributed by atoms with Crippen LogP contribution in [0.1, 0.15) is 32.3 Å². The van der Waals surface area contributed by atoms with Crippen molar-refractivity contribution in [2.75, 3.05) is 6.61 Å². The highest BCUT2D eigenvalue weighted by Crippen LogP contribution is 2.12. The fraction of sp³-hybridized carbons (Fsp3) is 0.438. The number of carbonyl (C=O) groups excluding carboxylic acids is 3. The van der Waals surface area contributed by atoms with Crippen LogP contribution >= 0.6 is 0 Å². The van der Waals surface area contributed by atoms with E-state index in [0.29, 0.717) is 13.0 Å². The molecule has 0 aliphatic rings. The highest BCUT2D eigenvalue weighted by atomic mass is 16.5. The Morgan fingerprint density at radius 2 is 1.87 bits per heavy atom. The summed E-state index contributed by atoms with van der Waals surface area (Å²) in [7, 11) is 0. The number of benzene rings is 1. The Morgan fingerprint density at radius 3 is 2.52 bits per heavy atom. The van der Waals surface area contributed by atoms with Crippen molar-refractivity contribution in [1.29, 1.82) is 0 Å². The van der Waals surface area contributed by atoms with Gasteiger partial charge in [-0.15, -0.1) is 0 Å². The minimum absolute atomic E-state index is 0.150. The maximum Gasteiger partial charge on any atom is 0.327 e. The number of hydrogen-bond acceptors (Lipinski definition) is 4. The SMILES string of the molecule is Cc1cccc(OCCCC(=O)NNC(=O)C(=O)NC(C)C)c1. The van der Waals surface area contributed by atoms with Gasteiger partial charge in [-0.25, -0.2) is 0 Å². The van der Waals surface area contributed by atoms with Gasteiger partial charge in [-0.1, -0.05) is 12.1 Å². The van der Waals surface area contributed by atoms with E-state index < -0.39 is 11.8 Å². The standard InChI is InChI=1S/C16H23N3O4/c1-11(2)17-15(21)16(22)19-18-14(20)8-5-9-23-13-7-4-6-12(3)10-13/h4,6-7,10-11H,5,8-9H2,1-3H3,(H,17,21)(H,18,20)(H,19,22). The van der Waals surface area contributed by atoms with E-state index in [1.54, 1.807) is 13.8 Å². The fourth-order valence-electron chi connectivity index (χ4n) is 1.70. The van der Waals surface area contributed by atoms with Crippen molar-refractivity contribution in [3.63, 3.8) is 0 Å². The Morgan fingerprint density at radius 1 is 1.13 bits per heavy atom. The molecular weight excluding hydrogens is 298 g/mol. The number of ether oxygens (including phenoxy) is 1. The average molecular weight is 321 g/mol. The maximum absolute atomic E-state index is 11.5. The third-order valence-electron chi connectivity index (χ3n) is 2.75. The van der Waals surface area contributed by atoms with Crippen molar-refractivity contribution >= 4 is 17.7 Å². The van der Waals surface area contributed by atoms with Crippen molar-refractivity contribution in [3.05, 3.63) is 29.8 Å². The van der Waals surface area contributed by atoms with Gasteiger partial charge in [0, 0.05) is 12.5 Å². The lowest BCUT2D eigenvalue weighted by Crippen LogP contribution is -2.49. The van der Waals surface area contributed by atoms with Crippen molar-refractivity contribution in [2.24, 2.45) is 0 Å². The van der Waals surface area contributed by atoms with Crippen LogP contribution < -0.4 is 20.9 Å². The summed E-state index contributed by atoms with van der Waals surface area (Å²) >= 11 is 0. The van der Waals surface area contributed by atoms with Gasteiger partial charge in [-0.3, -0.25) is 25.2 Å². The molecule has 0 unspecified atom stereocenters. The molecule has 0 heterocycles. The summed E-state index contributed by atoms with van der Waals surface area (Å²) in [4.78, 5) is 34.2. The van der Waals surface area contributed by atoms with Crippen LogP contribution in [0.25, 0.3) is 0 Å². The lowest BCUT2D eigenvalue weighted by atomic mass is 10.2. The van der Waals surface area contributed by atoms with Gasteiger partial charge in [0.05, 0.1) is 6.61 Å². The second-order valence-electron chi connectivity index (χ2n) is 5.40. The van der Waals surface area contributed by atoms with E-state index >= 15 is 0 Å². The average Bonchev–Trinajstić information content (AvgIpc) is 2.48. The molecule has 0 saturated carbocycles. The summed E-state index contributed by atoms with van der Waals surface area (Å²) in [5, 5.41) is 2.42. The van der Waals surface area contributed by atoms with Crippen molar-refractivity contribution in [2.45, 2.75) is 39.7 Å². The van der Waals surface area contributed by atoms with Gasteiger partial charge in [0.1, 0.15) is 5.75 Å². The summed E-state index contributed by atoms with van der Waals surface area (Å²) in [6.07, 6.45) is 0.672. The molecule has 0 bridgehead atoms. The van der Waals surface area contributed by atoms with Gasteiger partial charge in [0.15, 0.2) is 0 Å². The molecule has 23 heavy (non-hydrogen) atoms. The van der Waals surface area contributed by atoms with Crippen LogP contribution in [0.2, 0.25) is 0 Å². The molecular formula is C16H23N3O4. The first-order valence-electron chi connectivity index (χ1n) is 7.47. The van der Waals surface area contributed by atoms with E-state index in [-0.39, 0.29) is 18.4 Å². The Bertz CT molecular complexity index is 558. The van der Waals surface area contributed by atoms with Gasteiger partial charge in [-0.2, -0.15) is 0 Å². The highest BCUT2D eigenvalue weighted by molar-refractivity contribution is 6.35. The van der Waals surface area contributed by atoms with Crippen molar-refractivity contribution in [1.82, 2.24) is 16.2 Å². The first-order valence-corrected chi connectivity index (χ1v) is 7.47. The molecule has 1 aromatic carbocycles. The molecule has 3 amide bonds. The van der Waals surface area contributed by atoms with E-state index in [0.717, 1.165) is 11.3 Å². The topological polar surface area (TPSA) is 96.5 Å². The van der Waals surface area contributed by atoms with Crippen LogP contribution in [0.15, 0.2) is 24.3 Å². The van der Waals surface area contributed by atoms with Crippen LogP contribution in [0.3, 0.4) is 0 Å². The van der Waals surface area contributed by atoms with Crippen LogP contribution in [-0.4, -0.2) is 30.4 Å². The quantitative estimate of drug-likeness (QED) is 0.411. The third kappa shape index (κ3) is 7.85. The molecule has 0 atom stereocenters. The van der Waals surface area contributed by atoms with Gasteiger partial charge < -0.3 is 10.1 Å². The molecule has 1 rings (SSSR count). The molecule has 7 nitrogen and oxygen atoms in total. The largest absolute Gasteiger partial charge is 0.494 e. The molecule has 0 spiro atoms. The molecule has 0 aliphatic heterocycles. The van der Waals surface area contributed by atoms with Gasteiger partial charge in [0.2, 0.25) is 5.91 Å². The van der Waals surface area contributed by atoms with Crippen LogP contribution in [0.5, 0.6) is 5.75 Å². The molecule has 0 aliphatic carbocycles. The smallest absolute Gasteiger partial charge is 0.327 e. The maximum atomic E-state index is 11.5. The number of hydrazine groups is 1. The van der Waals surface area contributed by atoms with Crippen molar-refractivity contribution < 1.29 is 19.1 Å². The number of nitrogens with one attached hydrogen (secondary N) is 3. The van der Waals surface area contributed by atoms with Crippen LogP contribution in [-0.2, 0) is 14.4 Å². The molecule has 126 valence electrons. The lowest BCUT2D eigenvalue weighted by molar-refractivity contribution is -0.141. The predicted octanol–water partition coefficient (Wildman–Crippen LogP) is 0.826. The Kier molecular flexibility index (Phi) is 7.59. The van der Waals surface area contributed by atoms with Crippen LogP contribution in [0.4, 0.5) is 0 Å². The summed E-state index contributed by atoms with van der Waals surface area (Å²) in [5.41, 5.74) is 5.35. The Labute approximate surface area is 135 Å². The lowest BCUT2D eigenvalue weighted by Gasteiger charge is -2.10. The molecule has 3 N–H and O–H groups in total. The van der Waals surface area contributed by atoms with E-state index in [1.165, 1.54) is 0 Å². The molecule has 7 heteroatoms. The monoisotopic (exact) mass is 321 g/mol. The van der Waals surface area contributed by atoms with Crippen molar-refractivity contribution in [3.8, 4) is 5.75 Å². The second-order valence-corrected chi connectivity index (χ2v) is 5.40. The van der Waals surface area contributed by atoms with Gasteiger partial charge >= 0.3 is 11.8 Å². The molecule has 0 saturated heterocycles. The zero-order valence-electron chi connectivity index (χ0n) is 13.6. The first kappa shape index (κ1) is 18.5. The summed E-state index contributed by atoms with van der Waals surface area (Å²) in [6, 6.07) is 7.48. The zero-order valence-corrected chi connectivity index (χ0v) is 13.6. The third-order valence-corrected chi connectivity index (χ3v) is 2.75. The summed E-state index contributed by atoms with van der Waals surface area (Å²) in [6.45, 7) is 5.83. The number of hydrogen-bond donors (Lipinski definition) is 3. The van der Waals surface area contributed by atoms with E-state index in [9.17, 15) is 14.4 Å². The molecule has 1 aromatic rings. The fourth-order valence-corrected chi connectivity index (χ4v) is 1.70. The van der Waals surface area contributed by atoms with E-state index in [4.69, 9.17) is 4.74 Å². The normalized spacial score (nSPS) is 10.1. The second kappa shape index (κ2) is 9.45. The molecule has 0 radical (unpaired) electrons. The number of aryl methyl sites for hydroxylation is 1. The summed E-state index contributed by atoms with van der Waals surface area (Å²) in [5.74, 6) is -1.32. The minimum Gasteiger partial charge on any atom is -0.494 e. The first-order chi connectivity index (χ1) is 10.9. The predicted molar refractivity (Wildman–Crippen MR) is 85.5 cm³/mol. The van der Waals surface area contributed by atoms with E-state index in [2.05, 4.69) is 16.2 Å². The summed E-state index contributed by atoms with van der Waals surface area (Å²) < 4.78 is 5.51. The van der Waals surface area contributed by atoms with Gasteiger partial charge in [0.25, 0.3) is 0 Å². The Hall–Kier alpha value is -2.57. The van der Waals surface area contributed by atoms with E-state index in [1.807, 2.05) is 31.2 Å². The Balaban J connectivity index is 2.17.